The lowest BCUT2D eigenvalue weighted by Crippen LogP contribution is -2.70. The highest BCUT2D eigenvalue weighted by molar-refractivity contribution is 5.88. The van der Waals surface area contributed by atoms with Crippen molar-refractivity contribution in [2.24, 2.45) is 5.18 Å². The highest BCUT2D eigenvalue weighted by Crippen LogP contribution is 2.39. The molecule has 1 aromatic rings. The molecule has 2 rings (SSSR count). The Morgan fingerprint density at radius 1 is 1.30 bits per heavy atom. The zero-order valence-electron chi connectivity index (χ0n) is 12.9. The molecule has 0 saturated carbocycles. The number of nitrogens with one attached hydrogen (secondary N) is 1. The van der Waals surface area contributed by atoms with E-state index in [4.69, 9.17) is 4.74 Å². The highest BCUT2D eigenvalue weighted by Gasteiger charge is 2.59. The summed E-state index contributed by atoms with van der Waals surface area (Å²) >= 11 is 0. The molecule has 1 aliphatic rings. The Labute approximate surface area is 134 Å². The smallest absolute Gasteiger partial charge is 0.332 e. The van der Waals surface area contributed by atoms with Crippen molar-refractivity contribution < 1.29 is 19.4 Å². The zero-order chi connectivity index (χ0) is 16.9. The molecule has 0 spiro atoms. The molecular weight excluding hydrogens is 300 g/mol. The number of benzene rings is 1. The molecule has 1 aliphatic heterocycles. The molecular formula is C16H20N2O5. The van der Waals surface area contributed by atoms with Gasteiger partial charge in [-0.2, -0.15) is 4.91 Å². The maximum Gasteiger partial charge on any atom is 0.332 e. The van der Waals surface area contributed by atoms with Gasteiger partial charge >= 0.3 is 5.97 Å². The summed E-state index contributed by atoms with van der Waals surface area (Å²) in [6, 6.07) is 8.89. The summed E-state index contributed by atoms with van der Waals surface area (Å²) in [5.41, 5.74) is -2.54. The van der Waals surface area contributed by atoms with E-state index in [1.54, 1.807) is 24.3 Å². The lowest BCUT2D eigenvalue weighted by Gasteiger charge is -2.45. The van der Waals surface area contributed by atoms with Gasteiger partial charge in [-0.25, -0.2) is 4.79 Å². The van der Waals surface area contributed by atoms with Crippen molar-refractivity contribution in [2.45, 2.75) is 37.3 Å². The molecule has 23 heavy (non-hydrogen) atoms. The first-order valence-electron chi connectivity index (χ1n) is 7.44. The number of aliphatic carboxylic acids is 1. The summed E-state index contributed by atoms with van der Waals surface area (Å²) in [5.74, 6) is -1.78. The SMILES string of the molecule is CC(=O)N[C@](Cc1ccccc1)(C(=O)O)C1(N=O)CCOCC1. The van der Waals surface area contributed by atoms with E-state index in [2.05, 4.69) is 10.5 Å². The second-order valence-electron chi connectivity index (χ2n) is 5.79. The fourth-order valence-electron chi connectivity index (χ4n) is 3.16. The van der Waals surface area contributed by atoms with Gasteiger partial charge in [0, 0.05) is 39.4 Å². The fraction of sp³-hybridized carbons (Fsp3) is 0.500. The first-order valence-corrected chi connectivity index (χ1v) is 7.44. The summed E-state index contributed by atoms with van der Waals surface area (Å²) in [6.45, 7) is 1.70. The minimum atomic E-state index is -1.80. The number of carboxylic acids is 1. The zero-order valence-corrected chi connectivity index (χ0v) is 12.9. The van der Waals surface area contributed by atoms with E-state index >= 15 is 0 Å². The number of amides is 1. The number of rotatable bonds is 6. The Balaban J connectivity index is 2.53. The van der Waals surface area contributed by atoms with Crippen LogP contribution in [0.5, 0.6) is 0 Å². The molecule has 0 radical (unpaired) electrons. The van der Waals surface area contributed by atoms with Crippen LogP contribution in [0.4, 0.5) is 0 Å². The summed E-state index contributed by atoms with van der Waals surface area (Å²) in [5, 5.41) is 15.6. The van der Waals surface area contributed by atoms with Gasteiger partial charge in [-0.15, -0.1) is 0 Å². The first kappa shape index (κ1) is 17.1. The number of nitroso groups, excluding NO2 is 1. The van der Waals surface area contributed by atoms with E-state index in [0.29, 0.717) is 5.56 Å². The van der Waals surface area contributed by atoms with Crippen molar-refractivity contribution in [1.29, 1.82) is 0 Å². The van der Waals surface area contributed by atoms with Crippen molar-refractivity contribution in [1.82, 2.24) is 5.32 Å². The largest absolute Gasteiger partial charge is 0.479 e. The predicted molar refractivity (Wildman–Crippen MR) is 82.9 cm³/mol. The minimum absolute atomic E-state index is 0.0194. The lowest BCUT2D eigenvalue weighted by atomic mass is 9.69. The minimum Gasteiger partial charge on any atom is -0.479 e. The number of carbonyl (C=O) groups excluding carboxylic acids is 1. The standard InChI is InChI=1S/C16H20N2O5/c1-12(19)17-16(14(20)21,11-13-5-3-2-4-6-13)15(18-22)7-9-23-10-8-15/h2-6H,7-11H2,1H3,(H,17,19)(H,20,21)/t16-/m1/s1. The van der Waals surface area contributed by atoms with Gasteiger partial charge in [0.2, 0.25) is 5.91 Å². The molecule has 0 bridgehead atoms. The fourth-order valence-corrected chi connectivity index (χ4v) is 3.16. The van der Waals surface area contributed by atoms with Crippen LogP contribution < -0.4 is 5.32 Å². The van der Waals surface area contributed by atoms with Gasteiger partial charge in [0.25, 0.3) is 0 Å². The van der Waals surface area contributed by atoms with Crippen molar-refractivity contribution in [3.8, 4) is 0 Å². The third kappa shape index (κ3) is 3.24. The van der Waals surface area contributed by atoms with Crippen LogP contribution >= 0.6 is 0 Å². The van der Waals surface area contributed by atoms with Gasteiger partial charge in [-0.3, -0.25) is 4.79 Å². The quantitative estimate of drug-likeness (QED) is 0.773. The van der Waals surface area contributed by atoms with E-state index in [9.17, 15) is 19.6 Å². The van der Waals surface area contributed by atoms with Crippen molar-refractivity contribution in [2.75, 3.05) is 13.2 Å². The van der Waals surface area contributed by atoms with Crippen LogP contribution in [0.2, 0.25) is 0 Å². The molecule has 1 aromatic carbocycles. The monoisotopic (exact) mass is 320 g/mol. The third-order valence-corrected chi connectivity index (χ3v) is 4.36. The van der Waals surface area contributed by atoms with Gasteiger partial charge in [-0.05, 0) is 5.56 Å². The molecule has 2 N–H and O–H groups in total. The maximum atomic E-state index is 12.2. The molecule has 7 nitrogen and oxygen atoms in total. The average Bonchev–Trinajstić information content (AvgIpc) is 2.55. The third-order valence-electron chi connectivity index (χ3n) is 4.36. The summed E-state index contributed by atoms with van der Waals surface area (Å²) < 4.78 is 5.25. The average molecular weight is 320 g/mol. The predicted octanol–water partition coefficient (Wildman–Crippen LogP) is 1.50. The molecule has 1 fully saturated rings. The van der Waals surface area contributed by atoms with Crippen LogP contribution in [-0.4, -0.2) is 41.3 Å². The van der Waals surface area contributed by atoms with Gasteiger partial charge in [0.15, 0.2) is 5.54 Å². The molecule has 0 aliphatic carbocycles. The van der Waals surface area contributed by atoms with Gasteiger partial charge in [0.1, 0.15) is 5.54 Å². The molecule has 1 heterocycles. The van der Waals surface area contributed by atoms with Crippen LogP contribution in [0.15, 0.2) is 35.5 Å². The molecule has 124 valence electrons. The van der Waals surface area contributed by atoms with Crippen LogP contribution in [0, 0.1) is 4.91 Å². The molecule has 0 aromatic heterocycles. The maximum absolute atomic E-state index is 12.2. The molecule has 7 heteroatoms. The van der Waals surface area contributed by atoms with Crippen molar-refractivity contribution in [3.63, 3.8) is 0 Å². The summed E-state index contributed by atoms with van der Waals surface area (Å²) in [6.07, 6.45) is 0.278. The Kier molecular flexibility index (Phi) is 5.10. The Morgan fingerprint density at radius 2 is 1.91 bits per heavy atom. The first-order chi connectivity index (χ1) is 11.0. The van der Waals surface area contributed by atoms with E-state index in [-0.39, 0.29) is 32.5 Å². The Morgan fingerprint density at radius 3 is 2.39 bits per heavy atom. The summed E-state index contributed by atoms with van der Waals surface area (Å²) in [4.78, 5) is 35.6. The molecule has 1 atom stereocenters. The second kappa shape index (κ2) is 6.87. The number of hydrogen-bond acceptors (Lipinski definition) is 5. The van der Waals surface area contributed by atoms with E-state index < -0.39 is 23.0 Å². The van der Waals surface area contributed by atoms with Gasteiger partial charge in [0.05, 0.1) is 0 Å². The number of ether oxygens (including phenoxy) is 1. The normalized spacial score (nSPS) is 19.3. The van der Waals surface area contributed by atoms with E-state index in [1.165, 1.54) is 6.92 Å². The number of hydrogen-bond donors (Lipinski definition) is 2. The van der Waals surface area contributed by atoms with Gasteiger partial charge in [-0.1, -0.05) is 35.5 Å². The highest BCUT2D eigenvalue weighted by atomic mass is 16.5. The van der Waals surface area contributed by atoms with Gasteiger partial charge < -0.3 is 15.2 Å². The van der Waals surface area contributed by atoms with Crippen LogP contribution in [-0.2, 0) is 20.7 Å². The van der Waals surface area contributed by atoms with Crippen molar-refractivity contribution in [3.05, 3.63) is 40.8 Å². The topological polar surface area (TPSA) is 105 Å². The Bertz CT molecular complexity index is 583. The second-order valence-corrected chi connectivity index (χ2v) is 5.79. The number of nitrogens with zero attached hydrogens (tertiary/aromatic N) is 1. The number of carbonyl (C=O) groups is 2. The summed E-state index contributed by atoms with van der Waals surface area (Å²) in [7, 11) is 0. The van der Waals surface area contributed by atoms with Crippen LogP contribution in [0.1, 0.15) is 25.3 Å². The Hall–Kier alpha value is -2.28. The number of carboxylic acid groups (broad SMARTS) is 1. The lowest BCUT2D eigenvalue weighted by molar-refractivity contribution is -0.153. The molecule has 0 unspecified atom stereocenters. The molecule has 1 saturated heterocycles. The van der Waals surface area contributed by atoms with Crippen molar-refractivity contribution >= 4 is 11.9 Å². The molecule has 1 amide bonds. The van der Waals surface area contributed by atoms with Crippen LogP contribution in [0.3, 0.4) is 0 Å². The van der Waals surface area contributed by atoms with E-state index in [1.807, 2.05) is 6.07 Å². The van der Waals surface area contributed by atoms with E-state index in [0.717, 1.165) is 0 Å². The van der Waals surface area contributed by atoms with Crippen LogP contribution in [0.25, 0.3) is 0 Å².